The molecule has 2 N–H and O–H groups in total. The maximum Gasteiger partial charge on any atom is 0.324 e. The fraction of sp³-hybridized carbons (Fsp3) is 0.357. The highest BCUT2D eigenvalue weighted by molar-refractivity contribution is 7.89. The monoisotopic (exact) mass is 373 g/mol. The van der Waals surface area contributed by atoms with Gasteiger partial charge in [0.1, 0.15) is 6.04 Å². The molecule has 0 fully saturated rings. The van der Waals surface area contributed by atoms with Crippen LogP contribution in [0.5, 0.6) is 0 Å². The van der Waals surface area contributed by atoms with Gasteiger partial charge in [-0.15, -0.1) is 0 Å². The third kappa shape index (κ3) is 6.54. The van der Waals surface area contributed by atoms with E-state index in [1.807, 2.05) is 6.07 Å². The van der Waals surface area contributed by atoms with Crippen molar-refractivity contribution in [3.05, 3.63) is 29.3 Å². The van der Waals surface area contributed by atoms with Crippen LogP contribution in [0.1, 0.15) is 13.3 Å². The molecule has 0 bridgehead atoms. The van der Waals surface area contributed by atoms with Gasteiger partial charge >= 0.3 is 5.97 Å². The number of nitrogens with one attached hydrogen (secondary N) is 2. The Kier molecular flexibility index (Phi) is 7.64. The number of benzene rings is 1. The summed E-state index contributed by atoms with van der Waals surface area (Å²) in [7, 11) is -3.96. The molecule has 0 saturated heterocycles. The summed E-state index contributed by atoms with van der Waals surface area (Å²) < 4.78 is 31.1. The molecule has 0 heterocycles. The van der Waals surface area contributed by atoms with Gasteiger partial charge in [0.2, 0.25) is 10.0 Å². The second-order valence-corrected chi connectivity index (χ2v) is 6.82. The van der Waals surface area contributed by atoms with Crippen molar-refractivity contribution in [3.63, 3.8) is 0 Å². The number of amides is 1. The molecule has 1 rings (SSSR count). The molecule has 0 aliphatic carbocycles. The Hall–Kier alpha value is -2.15. The van der Waals surface area contributed by atoms with Gasteiger partial charge in [-0.2, -0.15) is 9.98 Å². The third-order valence-electron chi connectivity index (χ3n) is 2.70. The topological polar surface area (TPSA) is 125 Å². The molecule has 0 aliphatic heterocycles. The highest BCUT2D eigenvalue weighted by Gasteiger charge is 2.23. The van der Waals surface area contributed by atoms with Crippen LogP contribution in [0.3, 0.4) is 0 Å². The lowest BCUT2D eigenvalue weighted by Gasteiger charge is -2.13. The fourth-order valence-corrected chi connectivity index (χ4v) is 3.05. The zero-order valence-corrected chi connectivity index (χ0v) is 14.4. The number of hydrogen-bond acceptors (Lipinski definition) is 6. The van der Waals surface area contributed by atoms with Gasteiger partial charge in [0.15, 0.2) is 6.61 Å². The molecule has 1 aromatic rings. The van der Waals surface area contributed by atoms with E-state index in [0.717, 1.165) is 0 Å². The minimum atomic E-state index is -3.96. The van der Waals surface area contributed by atoms with Gasteiger partial charge in [0.25, 0.3) is 5.91 Å². The summed E-state index contributed by atoms with van der Waals surface area (Å²) in [6.45, 7) is 0.870. The molecule has 0 spiro atoms. The first kappa shape index (κ1) is 19.9. The van der Waals surface area contributed by atoms with Gasteiger partial charge in [0, 0.05) is 11.6 Å². The summed E-state index contributed by atoms with van der Waals surface area (Å²) in [5.41, 5.74) is 0. The average Bonchev–Trinajstić information content (AvgIpc) is 2.52. The number of hydrogen-bond donors (Lipinski definition) is 2. The molecule has 1 amide bonds. The van der Waals surface area contributed by atoms with Crippen molar-refractivity contribution in [2.24, 2.45) is 0 Å². The number of carbonyl (C=O) groups is 2. The molecule has 10 heteroatoms. The van der Waals surface area contributed by atoms with Crippen molar-refractivity contribution in [1.82, 2.24) is 10.0 Å². The van der Waals surface area contributed by atoms with E-state index >= 15 is 0 Å². The third-order valence-corrected chi connectivity index (χ3v) is 4.47. The highest BCUT2D eigenvalue weighted by atomic mass is 35.5. The first-order chi connectivity index (χ1) is 11.3. The molecule has 1 aromatic carbocycles. The summed E-state index contributed by atoms with van der Waals surface area (Å²) in [6, 6.07) is 6.20. The van der Waals surface area contributed by atoms with Crippen molar-refractivity contribution in [2.75, 3.05) is 13.2 Å². The van der Waals surface area contributed by atoms with Crippen molar-refractivity contribution in [1.29, 1.82) is 5.26 Å². The SMILES string of the molecule is C[C@H](NS(=O)(=O)c1cccc(Cl)c1)C(=O)OCC(=O)NCCC#N. The van der Waals surface area contributed by atoms with Crippen LogP contribution in [0, 0.1) is 11.3 Å². The number of esters is 1. The zero-order chi connectivity index (χ0) is 18.2. The van der Waals surface area contributed by atoms with E-state index in [-0.39, 0.29) is 22.9 Å². The predicted molar refractivity (Wildman–Crippen MR) is 85.4 cm³/mol. The number of rotatable bonds is 8. The molecule has 1 atom stereocenters. The lowest BCUT2D eigenvalue weighted by molar-refractivity contribution is -0.149. The summed E-state index contributed by atoms with van der Waals surface area (Å²) in [5, 5.41) is 10.9. The quantitative estimate of drug-likeness (QED) is 0.507. The van der Waals surface area contributed by atoms with E-state index in [0.29, 0.717) is 0 Å². The Labute approximate surface area is 144 Å². The number of halogens is 1. The maximum absolute atomic E-state index is 12.1. The number of carbonyl (C=O) groups excluding carboxylic acids is 2. The molecule has 0 unspecified atom stereocenters. The predicted octanol–water partition coefficient (Wildman–Crippen LogP) is 0.580. The van der Waals surface area contributed by atoms with E-state index in [9.17, 15) is 18.0 Å². The Morgan fingerprint density at radius 3 is 2.75 bits per heavy atom. The smallest absolute Gasteiger partial charge is 0.324 e. The lowest BCUT2D eigenvalue weighted by atomic mass is 10.4. The fourth-order valence-electron chi connectivity index (χ4n) is 1.55. The Balaban J connectivity index is 2.55. The van der Waals surface area contributed by atoms with E-state index in [1.165, 1.54) is 31.2 Å². The number of ether oxygens (including phenoxy) is 1. The summed E-state index contributed by atoms with van der Waals surface area (Å²) >= 11 is 5.74. The minimum absolute atomic E-state index is 0.0936. The molecule has 24 heavy (non-hydrogen) atoms. The van der Waals surface area contributed by atoms with Crippen LogP contribution in [0.4, 0.5) is 0 Å². The van der Waals surface area contributed by atoms with Crippen molar-refractivity contribution >= 4 is 33.5 Å². The van der Waals surface area contributed by atoms with E-state index in [2.05, 4.69) is 10.0 Å². The van der Waals surface area contributed by atoms with Crippen LogP contribution in [-0.4, -0.2) is 39.5 Å². The van der Waals surface area contributed by atoms with Crippen molar-refractivity contribution in [3.8, 4) is 6.07 Å². The Morgan fingerprint density at radius 2 is 2.12 bits per heavy atom. The molecule has 130 valence electrons. The van der Waals surface area contributed by atoms with Gasteiger partial charge in [0.05, 0.1) is 17.4 Å². The minimum Gasteiger partial charge on any atom is -0.454 e. The largest absolute Gasteiger partial charge is 0.454 e. The van der Waals surface area contributed by atoms with Gasteiger partial charge in [-0.25, -0.2) is 8.42 Å². The molecule has 0 aromatic heterocycles. The van der Waals surface area contributed by atoms with Gasteiger partial charge in [-0.3, -0.25) is 9.59 Å². The molecule has 0 radical (unpaired) electrons. The average molecular weight is 374 g/mol. The first-order valence-electron chi connectivity index (χ1n) is 6.84. The molecular weight excluding hydrogens is 358 g/mol. The summed E-state index contributed by atoms with van der Waals surface area (Å²) in [5.74, 6) is -1.49. The Bertz CT molecular complexity index is 745. The molecule has 0 aliphatic rings. The van der Waals surface area contributed by atoms with Crippen molar-refractivity contribution in [2.45, 2.75) is 24.3 Å². The van der Waals surface area contributed by atoms with Gasteiger partial charge in [-0.05, 0) is 25.1 Å². The molecule has 8 nitrogen and oxygen atoms in total. The van der Waals surface area contributed by atoms with E-state index in [4.69, 9.17) is 21.6 Å². The number of sulfonamides is 1. The molecular formula is C14H16ClN3O5S. The van der Waals surface area contributed by atoms with Crippen LogP contribution in [-0.2, 0) is 24.3 Å². The van der Waals surface area contributed by atoms with Gasteiger partial charge < -0.3 is 10.1 Å². The highest BCUT2D eigenvalue weighted by Crippen LogP contribution is 2.15. The zero-order valence-electron chi connectivity index (χ0n) is 12.8. The summed E-state index contributed by atoms with van der Waals surface area (Å²) in [4.78, 5) is 23.0. The van der Waals surface area contributed by atoms with Gasteiger partial charge in [-0.1, -0.05) is 17.7 Å². The second-order valence-electron chi connectivity index (χ2n) is 4.67. The van der Waals surface area contributed by atoms with E-state index in [1.54, 1.807) is 0 Å². The normalized spacial score (nSPS) is 12.0. The van der Waals surface area contributed by atoms with Crippen LogP contribution < -0.4 is 10.0 Å². The first-order valence-corrected chi connectivity index (χ1v) is 8.70. The number of nitriles is 1. The van der Waals surface area contributed by atoms with Crippen LogP contribution in [0.15, 0.2) is 29.2 Å². The Morgan fingerprint density at radius 1 is 1.42 bits per heavy atom. The number of nitrogens with zero attached hydrogens (tertiary/aromatic N) is 1. The second kappa shape index (κ2) is 9.22. The van der Waals surface area contributed by atoms with Crippen LogP contribution in [0.25, 0.3) is 0 Å². The van der Waals surface area contributed by atoms with Crippen LogP contribution >= 0.6 is 11.6 Å². The lowest BCUT2D eigenvalue weighted by Crippen LogP contribution is -2.41. The summed E-state index contributed by atoms with van der Waals surface area (Å²) in [6.07, 6.45) is 0.134. The molecule has 0 saturated carbocycles. The van der Waals surface area contributed by atoms with Crippen LogP contribution in [0.2, 0.25) is 5.02 Å². The maximum atomic E-state index is 12.1. The standard InChI is InChI=1S/C14H16ClN3O5S/c1-10(14(20)23-9-13(19)17-7-3-6-16)18-24(21,22)12-5-2-4-11(15)8-12/h2,4-5,8,10,18H,3,7,9H2,1H3,(H,17,19)/t10-/m0/s1. The van der Waals surface area contributed by atoms with E-state index < -0.39 is 34.5 Å². The van der Waals surface area contributed by atoms with Crippen molar-refractivity contribution < 1.29 is 22.7 Å².